The Bertz CT molecular complexity index is 611. The highest BCUT2D eigenvalue weighted by molar-refractivity contribution is 5.94. The molecule has 2 aliphatic rings. The zero-order valence-corrected chi connectivity index (χ0v) is 15.6. The van der Waals surface area contributed by atoms with Gasteiger partial charge in [0.15, 0.2) is 0 Å². The van der Waals surface area contributed by atoms with Crippen molar-refractivity contribution in [1.82, 2.24) is 10.2 Å². The Morgan fingerprint density at radius 1 is 1.15 bits per heavy atom. The SMILES string of the molecule is COC(=O)CCCCN1CCN(c2ccc(C3CCNCC3)cc2)C1=O. The number of nitrogens with zero attached hydrogens (tertiary/aromatic N) is 2. The summed E-state index contributed by atoms with van der Waals surface area (Å²) < 4.78 is 4.64. The normalized spacial score (nSPS) is 18.4. The number of unbranched alkanes of at least 4 members (excludes halogenated alkanes) is 1. The van der Waals surface area contributed by atoms with E-state index >= 15 is 0 Å². The summed E-state index contributed by atoms with van der Waals surface area (Å²) in [5, 5.41) is 3.40. The molecular formula is C20H29N3O3. The van der Waals surface area contributed by atoms with Gasteiger partial charge in [0.05, 0.1) is 7.11 Å². The van der Waals surface area contributed by atoms with Crippen molar-refractivity contribution in [2.75, 3.05) is 44.7 Å². The second-order valence-electron chi connectivity index (χ2n) is 7.07. The van der Waals surface area contributed by atoms with Crippen LogP contribution in [0, 0.1) is 0 Å². The molecule has 0 bridgehead atoms. The molecule has 142 valence electrons. The minimum Gasteiger partial charge on any atom is -0.469 e. The molecule has 6 nitrogen and oxygen atoms in total. The highest BCUT2D eigenvalue weighted by Crippen LogP contribution is 2.28. The van der Waals surface area contributed by atoms with Crippen LogP contribution in [0.4, 0.5) is 10.5 Å². The molecule has 1 aromatic carbocycles. The fraction of sp³-hybridized carbons (Fsp3) is 0.600. The Balaban J connectivity index is 1.50. The van der Waals surface area contributed by atoms with Crippen LogP contribution in [0.3, 0.4) is 0 Å². The molecule has 2 aliphatic heterocycles. The summed E-state index contributed by atoms with van der Waals surface area (Å²) in [6.45, 7) is 4.33. The van der Waals surface area contributed by atoms with Crippen molar-refractivity contribution in [3.63, 3.8) is 0 Å². The molecule has 2 saturated heterocycles. The maximum atomic E-state index is 12.6. The van der Waals surface area contributed by atoms with E-state index in [1.54, 1.807) is 0 Å². The molecular weight excluding hydrogens is 330 g/mol. The van der Waals surface area contributed by atoms with E-state index in [2.05, 4.69) is 34.3 Å². The number of ether oxygens (including phenoxy) is 1. The lowest BCUT2D eigenvalue weighted by atomic mass is 9.90. The number of methoxy groups -OCH3 is 1. The molecule has 0 aliphatic carbocycles. The summed E-state index contributed by atoms with van der Waals surface area (Å²) in [6, 6.07) is 8.58. The molecule has 6 heteroatoms. The Kier molecular flexibility index (Phi) is 6.50. The van der Waals surface area contributed by atoms with Crippen molar-refractivity contribution in [1.29, 1.82) is 0 Å². The van der Waals surface area contributed by atoms with E-state index in [1.165, 1.54) is 25.5 Å². The number of rotatable bonds is 7. The first-order valence-electron chi connectivity index (χ1n) is 9.63. The van der Waals surface area contributed by atoms with Gasteiger partial charge in [-0.05, 0) is 62.4 Å². The molecule has 2 fully saturated rings. The average molecular weight is 359 g/mol. The maximum Gasteiger partial charge on any atom is 0.324 e. The van der Waals surface area contributed by atoms with E-state index in [1.807, 2.05) is 9.80 Å². The van der Waals surface area contributed by atoms with Gasteiger partial charge >= 0.3 is 12.0 Å². The van der Waals surface area contributed by atoms with E-state index in [4.69, 9.17) is 0 Å². The van der Waals surface area contributed by atoms with Crippen LogP contribution in [0.2, 0.25) is 0 Å². The Hall–Kier alpha value is -2.08. The van der Waals surface area contributed by atoms with Crippen LogP contribution in [0.15, 0.2) is 24.3 Å². The number of piperidine rings is 1. The minimum absolute atomic E-state index is 0.0673. The predicted molar refractivity (Wildman–Crippen MR) is 101 cm³/mol. The van der Waals surface area contributed by atoms with Gasteiger partial charge < -0.3 is 15.0 Å². The first-order chi connectivity index (χ1) is 12.7. The van der Waals surface area contributed by atoms with E-state index in [0.29, 0.717) is 18.9 Å². The van der Waals surface area contributed by atoms with Gasteiger partial charge in [-0.2, -0.15) is 0 Å². The third kappa shape index (κ3) is 4.55. The van der Waals surface area contributed by atoms with Gasteiger partial charge in [-0.3, -0.25) is 9.69 Å². The van der Waals surface area contributed by atoms with E-state index < -0.39 is 0 Å². The quantitative estimate of drug-likeness (QED) is 0.601. The Morgan fingerprint density at radius 3 is 2.58 bits per heavy atom. The predicted octanol–water partition coefficient (Wildman–Crippen LogP) is 2.74. The number of urea groups is 1. The van der Waals surface area contributed by atoms with Gasteiger partial charge in [-0.1, -0.05) is 12.1 Å². The first-order valence-corrected chi connectivity index (χ1v) is 9.63. The van der Waals surface area contributed by atoms with Crippen LogP contribution >= 0.6 is 0 Å². The molecule has 1 aromatic rings. The van der Waals surface area contributed by atoms with Crippen molar-refractivity contribution < 1.29 is 14.3 Å². The summed E-state index contributed by atoms with van der Waals surface area (Å²) in [5.41, 5.74) is 2.35. The zero-order valence-electron chi connectivity index (χ0n) is 15.6. The number of benzene rings is 1. The number of amides is 2. The van der Waals surface area contributed by atoms with Crippen molar-refractivity contribution in [2.24, 2.45) is 0 Å². The number of nitrogens with one attached hydrogen (secondary N) is 1. The summed E-state index contributed by atoms with van der Waals surface area (Å²) in [4.78, 5) is 27.5. The molecule has 0 aromatic heterocycles. The second-order valence-corrected chi connectivity index (χ2v) is 7.07. The molecule has 0 unspecified atom stereocenters. The summed E-state index contributed by atoms with van der Waals surface area (Å²) in [7, 11) is 1.40. The summed E-state index contributed by atoms with van der Waals surface area (Å²) >= 11 is 0. The van der Waals surface area contributed by atoms with Crippen LogP contribution in [0.1, 0.15) is 43.6 Å². The molecule has 0 atom stereocenters. The van der Waals surface area contributed by atoms with Gasteiger partial charge in [0, 0.05) is 31.7 Å². The number of anilines is 1. The molecule has 0 saturated carbocycles. The van der Waals surface area contributed by atoms with E-state index in [9.17, 15) is 9.59 Å². The van der Waals surface area contributed by atoms with Crippen molar-refractivity contribution in [3.05, 3.63) is 29.8 Å². The van der Waals surface area contributed by atoms with E-state index in [0.717, 1.165) is 44.7 Å². The van der Waals surface area contributed by atoms with Gasteiger partial charge in [-0.25, -0.2) is 4.79 Å². The number of esters is 1. The van der Waals surface area contributed by atoms with Crippen LogP contribution in [-0.4, -0.2) is 56.7 Å². The third-order valence-electron chi connectivity index (χ3n) is 5.40. The number of hydrogen-bond donors (Lipinski definition) is 1. The third-order valence-corrected chi connectivity index (χ3v) is 5.40. The summed E-state index contributed by atoms with van der Waals surface area (Å²) in [6.07, 6.45) is 4.35. The van der Waals surface area contributed by atoms with Gasteiger partial charge in [0.2, 0.25) is 0 Å². The lowest BCUT2D eigenvalue weighted by Gasteiger charge is -2.24. The smallest absolute Gasteiger partial charge is 0.324 e. The van der Waals surface area contributed by atoms with E-state index in [-0.39, 0.29) is 12.0 Å². The first kappa shape index (κ1) is 18.7. The van der Waals surface area contributed by atoms with Crippen molar-refractivity contribution in [3.8, 4) is 0 Å². The number of carbonyl (C=O) groups excluding carboxylic acids is 2. The fourth-order valence-corrected chi connectivity index (χ4v) is 3.79. The average Bonchev–Trinajstić information content (AvgIpc) is 3.06. The highest BCUT2D eigenvalue weighted by Gasteiger charge is 2.29. The standard InChI is InChI=1S/C20H29N3O3/c1-26-19(24)4-2-3-13-22-14-15-23(20(22)25)18-7-5-16(6-8-18)17-9-11-21-12-10-17/h5-8,17,21H,2-4,9-15H2,1H3. The Labute approximate surface area is 155 Å². The van der Waals surface area contributed by atoms with Crippen molar-refractivity contribution >= 4 is 17.7 Å². The van der Waals surface area contributed by atoms with Gasteiger partial charge in [0.1, 0.15) is 0 Å². The Morgan fingerprint density at radius 2 is 1.88 bits per heavy atom. The molecule has 1 N–H and O–H groups in total. The van der Waals surface area contributed by atoms with Crippen molar-refractivity contribution in [2.45, 2.75) is 38.0 Å². The van der Waals surface area contributed by atoms with Crippen LogP contribution in [0.5, 0.6) is 0 Å². The summed E-state index contributed by atoms with van der Waals surface area (Å²) in [5.74, 6) is 0.444. The number of carbonyl (C=O) groups is 2. The number of hydrogen-bond acceptors (Lipinski definition) is 4. The molecule has 2 amide bonds. The lowest BCUT2D eigenvalue weighted by molar-refractivity contribution is -0.140. The second kappa shape index (κ2) is 9.03. The van der Waals surface area contributed by atoms with Gasteiger partial charge in [-0.15, -0.1) is 0 Å². The minimum atomic E-state index is -0.187. The highest BCUT2D eigenvalue weighted by atomic mass is 16.5. The van der Waals surface area contributed by atoms with Crippen LogP contribution in [-0.2, 0) is 9.53 Å². The zero-order chi connectivity index (χ0) is 18.4. The van der Waals surface area contributed by atoms with Gasteiger partial charge in [0.25, 0.3) is 0 Å². The topological polar surface area (TPSA) is 61.9 Å². The lowest BCUT2D eigenvalue weighted by Crippen LogP contribution is -2.32. The molecule has 0 radical (unpaired) electrons. The monoisotopic (exact) mass is 359 g/mol. The molecule has 26 heavy (non-hydrogen) atoms. The molecule has 2 heterocycles. The fourth-order valence-electron chi connectivity index (χ4n) is 3.79. The maximum absolute atomic E-state index is 12.6. The molecule has 3 rings (SSSR count). The largest absolute Gasteiger partial charge is 0.469 e. The van der Waals surface area contributed by atoms with Crippen LogP contribution < -0.4 is 10.2 Å². The molecule has 0 spiro atoms. The van der Waals surface area contributed by atoms with Crippen LogP contribution in [0.25, 0.3) is 0 Å².